The molecule has 0 aliphatic rings. The Balaban J connectivity index is 1.26. The van der Waals surface area contributed by atoms with Gasteiger partial charge in [0.05, 0.1) is 23.7 Å². The molecule has 0 saturated heterocycles. The van der Waals surface area contributed by atoms with Gasteiger partial charge in [0.1, 0.15) is 0 Å². The number of ether oxygens (including phenoxy) is 1. The van der Waals surface area contributed by atoms with Gasteiger partial charge in [-0.25, -0.2) is 4.98 Å². The first kappa shape index (κ1) is 21.0. The van der Waals surface area contributed by atoms with Crippen LogP contribution in [-0.2, 0) is 20.9 Å². The first-order valence-corrected chi connectivity index (χ1v) is 10.2. The fourth-order valence-electron chi connectivity index (χ4n) is 3.27. The number of esters is 1. The largest absolute Gasteiger partial charge is 0.456 e. The van der Waals surface area contributed by atoms with E-state index in [1.807, 2.05) is 42.5 Å². The highest BCUT2D eigenvalue weighted by atomic mass is 16.5. The number of hydrogen-bond donors (Lipinski definition) is 1. The molecule has 0 unspecified atom stereocenters. The molecule has 1 N–H and O–H groups in total. The van der Waals surface area contributed by atoms with Gasteiger partial charge in [-0.15, -0.1) is 0 Å². The topological polar surface area (TPSA) is 90.3 Å². The lowest BCUT2D eigenvalue weighted by molar-refractivity contribution is -0.147. The molecule has 3 aromatic carbocycles. The molecule has 4 rings (SSSR count). The fraction of sp³-hybridized carbons (Fsp3) is 0.120. The van der Waals surface area contributed by atoms with E-state index in [9.17, 15) is 14.4 Å². The van der Waals surface area contributed by atoms with E-state index < -0.39 is 18.5 Å². The predicted octanol–water partition coefficient (Wildman–Crippen LogP) is 3.64. The Morgan fingerprint density at radius 3 is 2.34 bits per heavy atom. The molecule has 1 aromatic heterocycles. The van der Waals surface area contributed by atoms with Crippen molar-refractivity contribution in [1.82, 2.24) is 9.55 Å². The molecule has 0 atom stereocenters. The van der Waals surface area contributed by atoms with E-state index in [1.165, 1.54) is 10.9 Å². The number of benzene rings is 3. The average Bonchev–Trinajstić information content (AvgIpc) is 2.83. The number of carbonyl (C=O) groups excluding carboxylic acids is 2. The van der Waals surface area contributed by atoms with Crippen molar-refractivity contribution >= 4 is 28.5 Å². The Morgan fingerprint density at radius 2 is 1.56 bits per heavy atom. The number of nitrogens with zero attached hydrogens (tertiary/aromatic N) is 2. The molecule has 0 fully saturated rings. The third-order valence-corrected chi connectivity index (χ3v) is 4.93. The highest BCUT2D eigenvalue weighted by molar-refractivity contribution is 5.93. The third-order valence-electron chi connectivity index (χ3n) is 4.93. The van der Waals surface area contributed by atoms with E-state index in [0.717, 1.165) is 11.1 Å². The van der Waals surface area contributed by atoms with Gasteiger partial charge in [0, 0.05) is 12.2 Å². The lowest BCUT2D eigenvalue weighted by Crippen LogP contribution is -2.24. The minimum atomic E-state index is -0.570. The zero-order valence-corrected chi connectivity index (χ0v) is 17.2. The first-order valence-electron chi connectivity index (χ1n) is 10.2. The van der Waals surface area contributed by atoms with Crippen molar-refractivity contribution < 1.29 is 14.3 Å². The van der Waals surface area contributed by atoms with E-state index in [0.29, 0.717) is 16.6 Å². The number of carbonyl (C=O) groups is 2. The van der Waals surface area contributed by atoms with E-state index in [2.05, 4.69) is 10.3 Å². The van der Waals surface area contributed by atoms with Crippen LogP contribution in [0.3, 0.4) is 0 Å². The highest BCUT2D eigenvalue weighted by Crippen LogP contribution is 2.20. The summed E-state index contributed by atoms with van der Waals surface area (Å²) in [5.41, 5.74) is 3.11. The summed E-state index contributed by atoms with van der Waals surface area (Å²) < 4.78 is 6.39. The molecule has 0 radical (unpaired) electrons. The van der Waals surface area contributed by atoms with Crippen molar-refractivity contribution in [2.24, 2.45) is 0 Å². The normalized spacial score (nSPS) is 10.6. The van der Waals surface area contributed by atoms with Crippen LogP contribution in [0, 0.1) is 0 Å². The molecule has 32 heavy (non-hydrogen) atoms. The Bertz CT molecular complexity index is 1300. The number of aryl methyl sites for hydroxylation is 1. The molecule has 0 saturated carbocycles. The molecule has 7 nitrogen and oxygen atoms in total. The number of anilines is 1. The SMILES string of the molecule is O=C(COC(=O)CCn1cnc2ccccc2c1=O)Nc1ccc(-c2ccccc2)cc1. The Labute approximate surface area is 184 Å². The number of amides is 1. The van der Waals surface area contributed by atoms with Crippen LogP contribution in [0.5, 0.6) is 0 Å². The molecule has 1 amide bonds. The number of para-hydroxylation sites is 1. The van der Waals surface area contributed by atoms with Crippen molar-refractivity contribution in [2.45, 2.75) is 13.0 Å². The highest BCUT2D eigenvalue weighted by Gasteiger charge is 2.10. The molecule has 0 aliphatic carbocycles. The molecule has 4 aromatic rings. The second-order valence-electron chi connectivity index (χ2n) is 7.16. The number of nitrogens with one attached hydrogen (secondary N) is 1. The first-order chi connectivity index (χ1) is 15.6. The van der Waals surface area contributed by atoms with Crippen molar-refractivity contribution in [1.29, 1.82) is 0 Å². The van der Waals surface area contributed by atoms with E-state index in [1.54, 1.807) is 36.4 Å². The van der Waals surface area contributed by atoms with Gasteiger partial charge in [0.15, 0.2) is 6.61 Å². The van der Waals surface area contributed by atoms with Gasteiger partial charge in [0.25, 0.3) is 11.5 Å². The van der Waals surface area contributed by atoms with Crippen LogP contribution in [-0.4, -0.2) is 28.0 Å². The summed E-state index contributed by atoms with van der Waals surface area (Å²) >= 11 is 0. The van der Waals surface area contributed by atoms with E-state index >= 15 is 0 Å². The van der Waals surface area contributed by atoms with Crippen LogP contribution < -0.4 is 10.9 Å². The number of fused-ring (bicyclic) bond motifs is 1. The van der Waals surface area contributed by atoms with Gasteiger partial charge < -0.3 is 10.1 Å². The summed E-state index contributed by atoms with van der Waals surface area (Å²) in [5, 5.41) is 3.18. The molecule has 0 aliphatic heterocycles. The minimum absolute atomic E-state index is 0.0427. The number of rotatable bonds is 7. The van der Waals surface area contributed by atoms with Gasteiger partial charge in [-0.05, 0) is 35.4 Å². The lowest BCUT2D eigenvalue weighted by atomic mass is 10.1. The third kappa shape index (κ3) is 5.07. The van der Waals surface area contributed by atoms with Crippen molar-refractivity contribution in [3.05, 3.63) is 95.5 Å². The van der Waals surface area contributed by atoms with Crippen LogP contribution in [0.15, 0.2) is 90.0 Å². The Kier molecular flexibility index (Phi) is 6.36. The fourth-order valence-corrected chi connectivity index (χ4v) is 3.27. The molecule has 1 heterocycles. The van der Waals surface area contributed by atoms with Crippen molar-refractivity contribution in [3.63, 3.8) is 0 Å². The molecule has 0 spiro atoms. The van der Waals surface area contributed by atoms with Gasteiger partial charge in [-0.1, -0.05) is 54.6 Å². The van der Waals surface area contributed by atoms with Crippen LogP contribution >= 0.6 is 0 Å². The van der Waals surface area contributed by atoms with Crippen molar-refractivity contribution in [3.8, 4) is 11.1 Å². The van der Waals surface area contributed by atoms with Gasteiger partial charge in [0.2, 0.25) is 0 Å². The van der Waals surface area contributed by atoms with Crippen LogP contribution in [0.25, 0.3) is 22.0 Å². The maximum atomic E-state index is 12.4. The van der Waals surface area contributed by atoms with Gasteiger partial charge in [-0.2, -0.15) is 0 Å². The van der Waals surface area contributed by atoms with Crippen LogP contribution in [0.1, 0.15) is 6.42 Å². The number of hydrogen-bond acceptors (Lipinski definition) is 5. The van der Waals surface area contributed by atoms with E-state index in [4.69, 9.17) is 4.74 Å². The Morgan fingerprint density at radius 1 is 0.875 bits per heavy atom. The Hall–Kier alpha value is -4.26. The quantitative estimate of drug-likeness (QED) is 0.455. The number of aromatic nitrogens is 2. The smallest absolute Gasteiger partial charge is 0.308 e. The standard InChI is InChI=1S/C25H21N3O4/c29-23(27-20-12-10-19(11-13-20)18-6-2-1-3-7-18)16-32-24(30)14-15-28-17-26-22-9-5-4-8-21(22)25(28)31/h1-13,17H,14-16H2,(H,27,29). The maximum absolute atomic E-state index is 12.4. The molecular formula is C25H21N3O4. The predicted molar refractivity (Wildman–Crippen MR) is 122 cm³/mol. The summed E-state index contributed by atoms with van der Waals surface area (Å²) in [6.07, 6.45) is 1.36. The second-order valence-corrected chi connectivity index (χ2v) is 7.16. The van der Waals surface area contributed by atoms with Crippen molar-refractivity contribution in [2.75, 3.05) is 11.9 Å². The summed E-state index contributed by atoms with van der Waals surface area (Å²) in [7, 11) is 0. The average molecular weight is 427 g/mol. The molecule has 160 valence electrons. The van der Waals surface area contributed by atoms with Crippen LogP contribution in [0.4, 0.5) is 5.69 Å². The minimum Gasteiger partial charge on any atom is -0.456 e. The van der Waals surface area contributed by atoms with Gasteiger partial charge in [-0.3, -0.25) is 19.0 Å². The monoisotopic (exact) mass is 427 g/mol. The maximum Gasteiger partial charge on any atom is 0.308 e. The molecule has 0 bridgehead atoms. The zero-order valence-electron chi connectivity index (χ0n) is 17.2. The van der Waals surface area contributed by atoms with Crippen LogP contribution in [0.2, 0.25) is 0 Å². The molecular weight excluding hydrogens is 406 g/mol. The molecule has 7 heteroatoms. The van der Waals surface area contributed by atoms with E-state index in [-0.39, 0.29) is 18.5 Å². The van der Waals surface area contributed by atoms with Gasteiger partial charge >= 0.3 is 5.97 Å². The second kappa shape index (κ2) is 9.70. The summed E-state index contributed by atoms with van der Waals surface area (Å²) in [6, 6.07) is 24.3. The summed E-state index contributed by atoms with van der Waals surface area (Å²) in [6.45, 7) is -0.276. The summed E-state index contributed by atoms with van der Waals surface area (Å²) in [4.78, 5) is 40.7. The summed E-state index contributed by atoms with van der Waals surface area (Å²) in [5.74, 6) is -1.00. The zero-order chi connectivity index (χ0) is 22.3. The lowest BCUT2D eigenvalue weighted by Gasteiger charge is -2.09.